The molecule has 0 saturated carbocycles. The lowest BCUT2D eigenvalue weighted by atomic mass is 9.83. The molecule has 3 rings (SSSR count). The van der Waals surface area contributed by atoms with E-state index in [1.165, 1.54) is 7.11 Å². The molecule has 0 spiro atoms. The van der Waals surface area contributed by atoms with Crippen LogP contribution in [0.4, 0.5) is 18.4 Å². The second-order valence-corrected chi connectivity index (χ2v) is 38.4. The smallest absolute Gasteiger partial charge is 0.407 e. The maximum Gasteiger partial charge on any atom is 0.407 e. The number of methoxy groups -OCH3 is 1. The number of alkyl carbamates (subject to hydrolysis) is 2. The first-order valence-corrected chi connectivity index (χ1v) is 41.5. The Bertz CT molecular complexity index is 2910. The molecular formula is C65H101F2N7O18S2Si2. The molecule has 1 aromatic heterocycles. The summed E-state index contributed by atoms with van der Waals surface area (Å²) in [6.45, 7) is 21.1. The SMILES string of the molecule is CCOC(=O)CC[Si](C)(C)CCOC(=O)N[C@@H](CSCC(=O)NCC(=O)NCCOCCOCCOCCOCCC(=O)N[C@@H](CSCC(=O)N(CCCNC(=O)OCC[Si](C)(C)C)[C@@H](c1cc(-c2cc(F)ccc2F)cn1Cc1ccccc1)C(C)(C)C)C(=O)O)C(=O)OC. The van der Waals surface area contributed by atoms with Crippen LogP contribution in [0.1, 0.15) is 64.3 Å². The average Bonchev–Trinajstić information content (AvgIpc) is 1.56. The van der Waals surface area contributed by atoms with Crippen molar-refractivity contribution in [2.45, 2.75) is 122 Å². The first kappa shape index (κ1) is 83.6. The lowest BCUT2D eigenvalue weighted by Crippen LogP contribution is -2.45. The topological polar surface area (TPSA) is 316 Å². The van der Waals surface area contributed by atoms with Crippen molar-refractivity contribution in [1.29, 1.82) is 0 Å². The second-order valence-electron chi connectivity index (χ2n) is 25.4. The Kier molecular flexibility index (Phi) is 39.2. The highest BCUT2D eigenvalue weighted by molar-refractivity contribution is 8.00. The minimum atomic E-state index is -1.86. The lowest BCUT2D eigenvalue weighted by Gasteiger charge is -2.41. The molecule has 31 heteroatoms. The number of carbonyl (C=O) groups is 9. The number of carbonyl (C=O) groups excluding carboxylic acids is 8. The fraction of sp³-hybridized carbons (Fsp3) is 0.615. The molecule has 6 N–H and O–H groups in total. The molecule has 0 saturated heterocycles. The minimum Gasteiger partial charge on any atom is -0.480 e. The fourth-order valence-corrected chi connectivity index (χ4v) is 13.5. The molecular weight excluding hydrogens is 1330 g/mol. The van der Waals surface area contributed by atoms with Gasteiger partial charge in [-0.3, -0.25) is 24.0 Å². The summed E-state index contributed by atoms with van der Waals surface area (Å²) < 4.78 is 74.5. The van der Waals surface area contributed by atoms with Crippen LogP contribution < -0.4 is 26.6 Å². The molecule has 96 heavy (non-hydrogen) atoms. The van der Waals surface area contributed by atoms with E-state index >= 15 is 4.39 Å². The third-order valence-corrected chi connectivity index (χ3v) is 21.3. The monoisotopic (exact) mass is 1430 g/mol. The average molecular weight is 1430 g/mol. The van der Waals surface area contributed by atoms with Crippen molar-refractivity contribution in [1.82, 2.24) is 36.1 Å². The number of hydrogen-bond acceptors (Lipinski definition) is 19. The van der Waals surface area contributed by atoms with Crippen molar-refractivity contribution in [3.05, 3.63) is 83.7 Å². The van der Waals surface area contributed by atoms with Gasteiger partial charge in [0.15, 0.2) is 0 Å². The number of carboxylic acids is 1. The molecule has 0 aliphatic heterocycles. The molecule has 538 valence electrons. The van der Waals surface area contributed by atoms with Crippen LogP contribution in [-0.4, -0.2) is 226 Å². The van der Waals surface area contributed by atoms with Gasteiger partial charge in [0, 0.05) is 81.6 Å². The predicted octanol–water partition coefficient (Wildman–Crippen LogP) is 7.51. The molecule has 0 unspecified atom stereocenters. The number of benzene rings is 2. The van der Waals surface area contributed by atoms with Crippen molar-refractivity contribution in [2.75, 3.05) is 129 Å². The van der Waals surface area contributed by atoms with Crippen LogP contribution in [0.3, 0.4) is 0 Å². The summed E-state index contributed by atoms with van der Waals surface area (Å²) in [5.41, 5.74) is 1.35. The van der Waals surface area contributed by atoms with Crippen LogP contribution in [0.25, 0.3) is 11.1 Å². The Balaban J connectivity index is 1.36. The first-order chi connectivity index (χ1) is 45.5. The summed E-state index contributed by atoms with van der Waals surface area (Å²) in [4.78, 5) is 115. The maximum absolute atomic E-state index is 15.4. The molecule has 3 aromatic rings. The largest absolute Gasteiger partial charge is 0.480 e. The number of nitrogens with one attached hydrogen (secondary N) is 5. The summed E-state index contributed by atoms with van der Waals surface area (Å²) in [5, 5.41) is 23.0. The normalized spacial score (nSPS) is 12.5. The van der Waals surface area contributed by atoms with Gasteiger partial charge in [-0.2, -0.15) is 0 Å². The van der Waals surface area contributed by atoms with E-state index < -0.39 is 93.2 Å². The van der Waals surface area contributed by atoms with Crippen LogP contribution in [0, 0.1) is 17.0 Å². The van der Waals surface area contributed by atoms with Crippen LogP contribution in [0.15, 0.2) is 60.8 Å². The van der Waals surface area contributed by atoms with Gasteiger partial charge in [-0.1, -0.05) is 83.8 Å². The number of rotatable bonds is 48. The van der Waals surface area contributed by atoms with Crippen molar-refractivity contribution < 1.29 is 94.9 Å². The van der Waals surface area contributed by atoms with Gasteiger partial charge >= 0.3 is 30.1 Å². The third-order valence-electron chi connectivity index (χ3n) is 14.4. The summed E-state index contributed by atoms with van der Waals surface area (Å²) in [5.74, 6) is -5.79. The van der Waals surface area contributed by atoms with Crippen LogP contribution in [0.5, 0.6) is 0 Å². The molecule has 6 amide bonds. The zero-order chi connectivity index (χ0) is 71.1. The fourth-order valence-electron chi connectivity index (χ4n) is 9.20. The third kappa shape index (κ3) is 35.6. The number of aliphatic carboxylic acids is 1. The summed E-state index contributed by atoms with van der Waals surface area (Å²) >= 11 is 2.08. The second kappa shape index (κ2) is 45.1. The van der Waals surface area contributed by atoms with E-state index in [1.807, 2.05) is 55.7 Å². The molecule has 0 fully saturated rings. The zero-order valence-corrected chi connectivity index (χ0v) is 60.9. The van der Waals surface area contributed by atoms with E-state index in [-0.39, 0.29) is 133 Å². The predicted molar refractivity (Wildman–Crippen MR) is 368 cm³/mol. The number of ether oxygens (including phenoxy) is 8. The number of halogens is 2. The highest BCUT2D eigenvalue weighted by Crippen LogP contribution is 2.41. The van der Waals surface area contributed by atoms with Crippen molar-refractivity contribution in [3.63, 3.8) is 0 Å². The number of esters is 2. The standard InChI is InChI=1S/C65H101F2N7O18S2Si2/c1-11-90-59(79)21-35-96(9,10)37-34-92-64(84)72-53(62(82)85-5)44-93-45-57(77)70-40-56(76)68-23-26-87-28-30-89-32-31-88-29-27-86-25-20-55(75)71-52(61(80)81)43-94-46-58(78)74(24-15-22-69-63(83)91-33-36-95(6,7)8)60(65(2,3)4)54-38-48(50-39-49(66)18-19-51(50)67)42-73(54)41-47-16-13-12-14-17-47/h12-14,16-19,38-39,42,52-53,60H,11,15,20-37,40-41,43-46H2,1-10H3,(H,68,76)(H,69,83)(H,70,77)(H,71,75)(H,72,84)(H,80,81)/t52-,53-,60-/m0/s1. The zero-order valence-electron chi connectivity index (χ0n) is 57.2. The van der Waals surface area contributed by atoms with Crippen LogP contribution in [-0.2, 0) is 78.0 Å². The van der Waals surface area contributed by atoms with Gasteiger partial charge in [0.2, 0.25) is 23.6 Å². The van der Waals surface area contributed by atoms with Gasteiger partial charge in [-0.15, -0.1) is 23.5 Å². The minimum absolute atomic E-state index is 0.00458. The summed E-state index contributed by atoms with van der Waals surface area (Å²) in [6.07, 6.45) is 0.825. The molecule has 0 aliphatic rings. The van der Waals surface area contributed by atoms with E-state index in [4.69, 9.17) is 37.9 Å². The Morgan fingerprint density at radius 1 is 0.656 bits per heavy atom. The number of aromatic nitrogens is 1. The maximum atomic E-state index is 15.4. The van der Waals surface area contributed by atoms with Crippen LogP contribution >= 0.6 is 23.5 Å². The molecule has 0 radical (unpaired) electrons. The van der Waals surface area contributed by atoms with E-state index in [0.29, 0.717) is 55.9 Å². The van der Waals surface area contributed by atoms with Gasteiger partial charge in [0.25, 0.3) is 0 Å². The quantitative estimate of drug-likeness (QED) is 0.0138. The Morgan fingerprint density at radius 2 is 1.28 bits per heavy atom. The number of amides is 6. The summed E-state index contributed by atoms with van der Waals surface area (Å²) in [6, 6.07) is 13.5. The van der Waals surface area contributed by atoms with Gasteiger partial charge in [-0.05, 0) is 66.7 Å². The van der Waals surface area contributed by atoms with Crippen molar-refractivity contribution >= 4 is 93.4 Å². The Labute approximate surface area is 573 Å². The molecule has 1 heterocycles. The number of thioether (sulfide) groups is 2. The Morgan fingerprint density at radius 3 is 1.92 bits per heavy atom. The molecule has 0 bridgehead atoms. The lowest BCUT2D eigenvalue weighted by molar-refractivity contribution is -0.143. The van der Waals surface area contributed by atoms with E-state index in [2.05, 4.69) is 59.3 Å². The Hall–Kier alpha value is -6.62. The molecule has 0 aliphatic carbocycles. The van der Waals surface area contributed by atoms with E-state index in [0.717, 1.165) is 53.3 Å². The van der Waals surface area contributed by atoms with Crippen molar-refractivity contribution in [2.24, 2.45) is 5.41 Å². The van der Waals surface area contributed by atoms with Crippen molar-refractivity contribution in [3.8, 4) is 11.1 Å². The van der Waals surface area contributed by atoms with E-state index in [9.17, 15) is 52.6 Å². The molecule has 25 nitrogen and oxygen atoms in total. The van der Waals surface area contributed by atoms with Gasteiger partial charge < -0.3 is 79.1 Å². The van der Waals surface area contributed by atoms with Crippen LogP contribution in [0.2, 0.25) is 50.9 Å². The summed E-state index contributed by atoms with van der Waals surface area (Å²) in [7, 11) is -2.14. The van der Waals surface area contributed by atoms with E-state index in [1.54, 1.807) is 24.1 Å². The van der Waals surface area contributed by atoms with Gasteiger partial charge in [-0.25, -0.2) is 28.0 Å². The highest BCUT2D eigenvalue weighted by atomic mass is 32.2. The molecule has 3 atom stereocenters. The number of hydrogen-bond donors (Lipinski definition) is 6. The number of nitrogens with zero attached hydrogens (tertiary/aromatic N) is 2. The van der Waals surface area contributed by atoms with Gasteiger partial charge in [0.1, 0.15) is 23.7 Å². The first-order valence-electron chi connectivity index (χ1n) is 32.1. The number of carboxylic acid groups (broad SMARTS) is 1. The van der Waals surface area contributed by atoms with Gasteiger partial charge in [0.05, 0.1) is 112 Å². The highest BCUT2D eigenvalue weighted by Gasteiger charge is 2.38. The molecule has 2 aromatic carbocycles.